The molecule has 1 aromatic rings. The molecule has 0 N–H and O–H groups in total. The Labute approximate surface area is 139 Å². The second-order valence-electron chi connectivity index (χ2n) is 5.66. The third kappa shape index (κ3) is 3.63. The number of carbonyl (C=O) groups is 2. The highest BCUT2D eigenvalue weighted by molar-refractivity contribution is 7.99. The predicted octanol–water partition coefficient (Wildman–Crippen LogP) is 1.64. The lowest BCUT2D eigenvalue weighted by atomic mass is 10.1. The van der Waals surface area contributed by atoms with Crippen molar-refractivity contribution in [2.75, 3.05) is 31.1 Å². The third-order valence-electron chi connectivity index (χ3n) is 4.26. The monoisotopic (exact) mass is 339 g/mol. The normalized spacial score (nSPS) is 22.1. The first kappa shape index (κ1) is 15.8. The van der Waals surface area contributed by atoms with Crippen molar-refractivity contribution in [1.82, 2.24) is 14.8 Å². The van der Waals surface area contributed by atoms with E-state index in [0.29, 0.717) is 12.8 Å². The summed E-state index contributed by atoms with van der Waals surface area (Å²) in [6.45, 7) is 2.36. The summed E-state index contributed by atoms with van der Waals surface area (Å²) in [4.78, 5) is 33.1. The number of thioether (sulfide) groups is 1. The van der Waals surface area contributed by atoms with Gasteiger partial charge in [-0.3, -0.25) is 9.59 Å². The molecule has 0 aliphatic carbocycles. The molecule has 2 fully saturated rings. The maximum Gasteiger partial charge on any atom is 0.245 e. The molecule has 120 valence electrons. The van der Waals surface area contributed by atoms with Crippen LogP contribution in [0.1, 0.15) is 25.0 Å². The SMILES string of the molecule is O=C(C1CCCN1C(=O)CCc1cscn1)N1CCSCC1. The number of aromatic nitrogens is 1. The first-order chi connectivity index (χ1) is 10.8. The highest BCUT2D eigenvalue weighted by Gasteiger charge is 2.36. The number of nitrogens with zero attached hydrogens (tertiary/aromatic N) is 3. The van der Waals surface area contributed by atoms with Crippen LogP contribution in [0.15, 0.2) is 10.9 Å². The molecule has 0 aromatic carbocycles. The minimum atomic E-state index is -0.231. The van der Waals surface area contributed by atoms with Gasteiger partial charge >= 0.3 is 0 Å². The third-order valence-corrected chi connectivity index (χ3v) is 5.84. The Balaban J connectivity index is 1.57. The van der Waals surface area contributed by atoms with Crippen molar-refractivity contribution in [2.45, 2.75) is 31.7 Å². The lowest BCUT2D eigenvalue weighted by Crippen LogP contribution is -2.50. The van der Waals surface area contributed by atoms with Crippen LogP contribution < -0.4 is 0 Å². The number of aryl methyl sites for hydroxylation is 1. The maximum absolute atomic E-state index is 12.7. The van der Waals surface area contributed by atoms with Crippen molar-refractivity contribution in [3.05, 3.63) is 16.6 Å². The highest BCUT2D eigenvalue weighted by Crippen LogP contribution is 2.22. The second-order valence-corrected chi connectivity index (χ2v) is 7.61. The van der Waals surface area contributed by atoms with Gasteiger partial charge in [-0.1, -0.05) is 0 Å². The summed E-state index contributed by atoms with van der Waals surface area (Å²) in [5.41, 5.74) is 2.75. The molecule has 1 aromatic heterocycles. The summed E-state index contributed by atoms with van der Waals surface area (Å²) >= 11 is 3.44. The van der Waals surface area contributed by atoms with Crippen molar-refractivity contribution < 1.29 is 9.59 Å². The summed E-state index contributed by atoms with van der Waals surface area (Å²) in [6, 6.07) is -0.231. The molecule has 22 heavy (non-hydrogen) atoms. The molecular formula is C15H21N3O2S2. The Hall–Kier alpha value is -1.08. The van der Waals surface area contributed by atoms with Crippen LogP contribution >= 0.6 is 23.1 Å². The van der Waals surface area contributed by atoms with E-state index in [9.17, 15) is 9.59 Å². The molecule has 2 aliphatic rings. The van der Waals surface area contributed by atoms with Crippen LogP contribution in [-0.4, -0.2) is 63.8 Å². The molecule has 2 aliphatic heterocycles. The number of amides is 2. The van der Waals surface area contributed by atoms with Crippen LogP contribution in [0.3, 0.4) is 0 Å². The smallest absolute Gasteiger partial charge is 0.245 e. The zero-order chi connectivity index (χ0) is 15.4. The van der Waals surface area contributed by atoms with E-state index in [4.69, 9.17) is 0 Å². The molecule has 5 nitrogen and oxygen atoms in total. The molecular weight excluding hydrogens is 318 g/mol. The molecule has 3 rings (SSSR count). The van der Waals surface area contributed by atoms with E-state index >= 15 is 0 Å². The zero-order valence-electron chi connectivity index (χ0n) is 12.6. The Kier molecular flexibility index (Phi) is 5.36. The van der Waals surface area contributed by atoms with Crippen LogP contribution in [0.2, 0.25) is 0 Å². The zero-order valence-corrected chi connectivity index (χ0v) is 14.2. The maximum atomic E-state index is 12.7. The molecule has 0 saturated carbocycles. The Morgan fingerprint density at radius 2 is 2.09 bits per heavy atom. The fourth-order valence-electron chi connectivity index (χ4n) is 3.06. The number of likely N-dealkylation sites (tertiary alicyclic amines) is 1. The molecule has 2 amide bonds. The van der Waals surface area contributed by atoms with Gasteiger partial charge in [-0.15, -0.1) is 11.3 Å². The van der Waals surface area contributed by atoms with E-state index in [1.807, 2.05) is 22.0 Å². The predicted molar refractivity (Wildman–Crippen MR) is 89.1 cm³/mol. The fraction of sp³-hybridized carbons (Fsp3) is 0.667. The quantitative estimate of drug-likeness (QED) is 0.837. The Morgan fingerprint density at radius 3 is 2.82 bits per heavy atom. The number of rotatable bonds is 4. The van der Waals surface area contributed by atoms with E-state index < -0.39 is 0 Å². The Morgan fingerprint density at radius 1 is 1.27 bits per heavy atom. The molecule has 0 radical (unpaired) electrons. The Bertz CT molecular complexity index is 515. The molecule has 7 heteroatoms. The van der Waals surface area contributed by atoms with Gasteiger partial charge in [0.25, 0.3) is 0 Å². The molecule has 1 unspecified atom stereocenters. The lowest BCUT2D eigenvalue weighted by molar-refractivity contribution is -0.143. The van der Waals surface area contributed by atoms with Gasteiger partial charge in [0.2, 0.25) is 11.8 Å². The minimum Gasteiger partial charge on any atom is -0.339 e. The lowest BCUT2D eigenvalue weighted by Gasteiger charge is -2.32. The molecule has 2 saturated heterocycles. The van der Waals surface area contributed by atoms with Crippen LogP contribution in [0.25, 0.3) is 0 Å². The van der Waals surface area contributed by atoms with Crippen molar-refractivity contribution in [1.29, 1.82) is 0 Å². The molecule has 1 atom stereocenters. The molecule has 0 bridgehead atoms. The number of hydrogen-bond acceptors (Lipinski definition) is 5. The molecule has 0 spiro atoms. The summed E-state index contributed by atoms with van der Waals surface area (Å²) in [5, 5.41) is 1.98. The van der Waals surface area contributed by atoms with E-state index in [0.717, 1.165) is 49.7 Å². The van der Waals surface area contributed by atoms with Crippen LogP contribution in [-0.2, 0) is 16.0 Å². The van der Waals surface area contributed by atoms with Crippen LogP contribution in [0.4, 0.5) is 0 Å². The van der Waals surface area contributed by atoms with E-state index in [2.05, 4.69) is 4.98 Å². The highest BCUT2D eigenvalue weighted by atomic mass is 32.2. The van der Waals surface area contributed by atoms with Gasteiger partial charge in [0.15, 0.2) is 0 Å². The van der Waals surface area contributed by atoms with E-state index in [1.165, 1.54) is 0 Å². The van der Waals surface area contributed by atoms with Gasteiger partial charge in [-0.05, 0) is 19.3 Å². The minimum absolute atomic E-state index is 0.0928. The van der Waals surface area contributed by atoms with Gasteiger partial charge in [0.05, 0.1) is 11.2 Å². The van der Waals surface area contributed by atoms with Crippen LogP contribution in [0.5, 0.6) is 0 Å². The largest absolute Gasteiger partial charge is 0.339 e. The number of thiazole rings is 1. The van der Waals surface area contributed by atoms with Crippen molar-refractivity contribution in [3.63, 3.8) is 0 Å². The summed E-state index contributed by atoms with van der Waals surface area (Å²) in [7, 11) is 0. The van der Waals surface area contributed by atoms with E-state index in [-0.39, 0.29) is 17.9 Å². The van der Waals surface area contributed by atoms with Gasteiger partial charge in [0.1, 0.15) is 6.04 Å². The second kappa shape index (κ2) is 7.46. The number of hydrogen-bond donors (Lipinski definition) is 0. The van der Waals surface area contributed by atoms with Crippen molar-refractivity contribution >= 4 is 34.9 Å². The average Bonchev–Trinajstić information content (AvgIpc) is 3.24. The summed E-state index contributed by atoms with van der Waals surface area (Å²) in [6.07, 6.45) is 2.86. The fourth-order valence-corrected chi connectivity index (χ4v) is 4.55. The van der Waals surface area contributed by atoms with Crippen molar-refractivity contribution in [2.24, 2.45) is 0 Å². The van der Waals surface area contributed by atoms with Gasteiger partial charge in [-0.25, -0.2) is 4.98 Å². The van der Waals surface area contributed by atoms with Gasteiger partial charge in [-0.2, -0.15) is 11.8 Å². The van der Waals surface area contributed by atoms with Gasteiger partial charge < -0.3 is 9.80 Å². The summed E-state index contributed by atoms with van der Waals surface area (Å²) < 4.78 is 0. The first-order valence-electron chi connectivity index (χ1n) is 7.79. The standard InChI is InChI=1S/C15H21N3O2S2/c19-14(4-3-12-10-22-11-16-12)18-5-1-2-13(18)15(20)17-6-8-21-9-7-17/h10-11,13H,1-9H2. The van der Waals surface area contributed by atoms with E-state index in [1.54, 1.807) is 21.7 Å². The number of carbonyl (C=O) groups excluding carboxylic acids is 2. The van der Waals surface area contributed by atoms with Crippen LogP contribution in [0, 0.1) is 0 Å². The molecule has 3 heterocycles. The first-order valence-corrected chi connectivity index (χ1v) is 9.88. The van der Waals surface area contributed by atoms with Gasteiger partial charge in [0, 0.05) is 42.9 Å². The average molecular weight is 339 g/mol. The summed E-state index contributed by atoms with van der Waals surface area (Å²) in [5.74, 6) is 2.27. The van der Waals surface area contributed by atoms with Crippen molar-refractivity contribution in [3.8, 4) is 0 Å². The topological polar surface area (TPSA) is 53.5 Å².